The molecule has 27 heavy (non-hydrogen) atoms. The number of ether oxygens (including phenoxy) is 1. The molecule has 0 aliphatic carbocycles. The number of nitrogens with zero attached hydrogens (tertiary/aromatic N) is 5. The number of hydrogen-bond acceptors (Lipinski definition) is 6. The molecule has 1 aromatic carbocycles. The topological polar surface area (TPSA) is 64.0 Å². The summed E-state index contributed by atoms with van der Waals surface area (Å²) in [5.74, 6) is 0.920. The Labute approximate surface area is 161 Å². The van der Waals surface area contributed by atoms with Crippen LogP contribution in [-0.4, -0.2) is 33.6 Å². The van der Waals surface area contributed by atoms with E-state index in [1.807, 2.05) is 11.8 Å². The summed E-state index contributed by atoms with van der Waals surface area (Å²) in [4.78, 5) is 19.5. The first-order valence-corrected chi connectivity index (χ1v) is 8.89. The average molecular weight is 386 g/mol. The summed E-state index contributed by atoms with van der Waals surface area (Å²) in [5.41, 5.74) is 2.51. The van der Waals surface area contributed by atoms with Crippen LogP contribution in [0.15, 0.2) is 36.8 Å². The van der Waals surface area contributed by atoms with Gasteiger partial charge in [0.15, 0.2) is 11.6 Å². The van der Waals surface area contributed by atoms with Crippen LogP contribution in [0.2, 0.25) is 5.02 Å². The van der Waals surface area contributed by atoms with Crippen LogP contribution in [-0.2, 0) is 6.42 Å². The second kappa shape index (κ2) is 7.08. The second-order valence-electron chi connectivity index (χ2n) is 6.23. The zero-order valence-electron chi connectivity index (χ0n) is 14.9. The van der Waals surface area contributed by atoms with Gasteiger partial charge in [0.2, 0.25) is 0 Å². The van der Waals surface area contributed by atoms with Gasteiger partial charge in [-0.25, -0.2) is 24.3 Å². The highest BCUT2D eigenvalue weighted by atomic mass is 35.5. The van der Waals surface area contributed by atoms with Crippen LogP contribution < -0.4 is 9.64 Å². The molecule has 4 rings (SSSR count). The summed E-state index contributed by atoms with van der Waals surface area (Å²) in [6.07, 6.45) is 5.79. The van der Waals surface area contributed by atoms with Crippen LogP contribution in [0.3, 0.4) is 0 Å². The van der Waals surface area contributed by atoms with Gasteiger partial charge in [0.1, 0.15) is 16.6 Å². The predicted molar refractivity (Wildman–Crippen MR) is 100 cm³/mol. The summed E-state index contributed by atoms with van der Waals surface area (Å²) < 4.78 is 19.2. The predicted octanol–water partition coefficient (Wildman–Crippen LogP) is 3.86. The van der Waals surface area contributed by atoms with Gasteiger partial charge in [0.25, 0.3) is 0 Å². The molecule has 8 heteroatoms. The molecule has 0 radical (unpaired) electrons. The van der Waals surface area contributed by atoms with Gasteiger partial charge in [-0.2, -0.15) is 0 Å². The van der Waals surface area contributed by atoms with Gasteiger partial charge in [0, 0.05) is 43.2 Å². The van der Waals surface area contributed by atoms with Crippen LogP contribution in [0.4, 0.5) is 10.1 Å². The van der Waals surface area contributed by atoms with Crippen molar-refractivity contribution >= 4 is 17.3 Å². The molecule has 0 amide bonds. The summed E-state index contributed by atoms with van der Waals surface area (Å²) in [5, 5.41) is 0.393. The Balaban J connectivity index is 1.70. The van der Waals surface area contributed by atoms with Crippen LogP contribution in [0.1, 0.15) is 24.2 Å². The molecule has 0 N–H and O–H groups in total. The lowest BCUT2D eigenvalue weighted by Crippen LogP contribution is -2.35. The van der Waals surface area contributed by atoms with Gasteiger partial charge in [0.05, 0.1) is 24.5 Å². The minimum Gasteiger partial charge on any atom is -0.495 e. The Morgan fingerprint density at radius 2 is 1.96 bits per heavy atom. The van der Waals surface area contributed by atoms with Crippen molar-refractivity contribution in [2.45, 2.75) is 19.4 Å². The Morgan fingerprint density at radius 3 is 2.70 bits per heavy atom. The van der Waals surface area contributed by atoms with E-state index in [1.165, 1.54) is 19.2 Å². The summed E-state index contributed by atoms with van der Waals surface area (Å²) >= 11 is 6.43. The summed E-state index contributed by atoms with van der Waals surface area (Å²) in [7, 11) is 1.47. The van der Waals surface area contributed by atoms with E-state index in [0.717, 1.165) is 11.3 Å². The second-order valence-corrected chi connectivity index (χ2v) is 6.61. The number of rotatable bonds is 3. The van der Waals surface area contributed by atoms with E-state index < -0.39 is 5.82 Å². The van der Waals surface area contributed by atoms with Gasteiger partial charge < -0.3 is 9.64 Å². The molecule has 2 aromatic heterocycles. The smallest absolute Gasteiger partial charge is 0.197 e. The minimum atomic E-state index is -0.392. The largest absolute Gasteiger partial charge is 0.495 e. The Hall–Kier alpha value is -2.80. The molecule has 0 spiro atoms. The molecule has 0 bridgehead atoms. The van der Waals surface area contributed by atoms with E-state index in [4.69, 9.17) is 16.3 Å². The lowest BCUT2D eigenvalue weighted by Gasteiger charge is -2.37. The molecule has 1 unspecified atom stereocenters. The SMILES string of the molecule is COc1cc(F)cc(N2CCc3nc(-c4ncccn4)ncc3C2C)c1Cl. The van der Waals surface area contributed by atoms with Crippen molar-refractivity contribution in [3.63, 3.8) is 0 Å². The summed E-state index contributed by atoms with van der Waals surface area (Å²) in [6.45, 7) is 2.67. The van der Waals surface area contributed by atoms with Crippen molar-refractivity contribution < 1.29 is 9.13 Å². The fourth-order valence-electron chi connectivity index (χ4n) is 3.32. The first-order valence-electron chi connectivity index (χ1n) is 8.51. The summed E-state index contributed by atoms with van der Waals surface area (Å²) in [6, 6.07) is 4.39. The number of hydrogen-bond donors (Lipinski definition) is 0. The molecule has 6 nitrogen and oxygen atoms in total. The highest BCUT2D eigenvalue weighted by molar-refractivity contribution is 6.34. The third kappa shape index (κ3) is 3.19. The number of fused-ring (bicyclic) bond motifs is 1. The number of benzene rings is 1. The van der Waals surface area contributed by atoms with E-state index in [9.17, 15) is 4.39 Å². The third-order valence-corrected chi connectivity index (χ3v) is 5.07. The normalized spacial score (nSPS) is 16.1. The fourth-order valence-corrected chi connectivity index (χ4v) is 3.62. The van der Waals surface area contributed by atoms with Gasteiger partial charge in [-0.3, -0.25) is 0 Å². The van der Waals surface area contributed by atoms with Gasteiger partial charge in [-0.05, 0) is 19.1 Å². The van der Waals surface area contributed by atoms with E-state index in [0.29, 0.717) is 41.1 Å². The minimum absolute atomic E-state index is 0.0662. The van der Waals surface area contributed by atoms with Crippen molar-refractivity contribution in [3.8, 4) is 17.4 Å². The molecule has 1 atom stereocenters. The van der Waals surface area contributed by atoms with Crippen LogP contribution in [0.5, 0.6) is 5.75 Å². The Kier molecular flexibility index (Phi) is 4.61. The molecular formula is C19H17ClFN5O. The zero-order valence-corrected chi connectivity index (χ0v) is 15.6. The molecule has 138 valence electrons. The standard InChI is InChI=1S/C19H17ClFN5O/c1-11-13-10-24-19(18-22-5-3-6-23-18)25-14(13)4-7-26(11)15-8-12(21)9-16(27-2)17(15)20/h3,5-6,8-11H,4,7H2,1-2H3. The van der Waals surface area contributed by atoms with Crippen LogP contribution in [0, 0.1) is 5.82 Å². The van der Waals surface area contributed by atoms with Gasteiger partial charge >= 0.3 is 0 Å². The lowest BCUT2D eigenvalue weighted by atomic mass is 9.98. The molecule has 0 saturated heterocycles. The van der Waals surface area contributed by atoms with Crippen molar-refractivity contribution in [2.75, 3.05) is 18.6 Å². The fraction of sp³-hybridized carbons (Fsp3) is 0.263. The zero-order chi connectivity index (χ0) is 19.0. The molecule has 0 saturated carbocycles. The third-order valence-electron chi connectivity index (χ3n) is 4.69. The molecule has 3 heterocycles. The van der Waals surface area contributed by atoms with Crippen molar-refractivity contribution in [2.24, 2.45) is 0 Å². The quantitative estimate of drug-likeness (QED) is 0.682. The van der Waals surface area contributed by atoms with Crippen LogP contribution >= 0.6 is 11.6 Å². The first-order chi connectivity index (χ1) is 13.1. The van der Waals surface area contributed by atoms with E-state index in [1.54, 1.807) is 24.7 Å². The number of anilines is 1. The monoisotopic (exact) mass is 385 g/mol. The molecule has 0 fully saturated rings. The maximum atomic E-state index is 14.0. The van der Waals surface area contributed by atoms with Crippen LogP contribution in [0.25, 0.3) is 11.6 Å². The first kappa shape index (κ1) is 17.6. The maximum Gasteiger partial charge on any atom is 0.197 e. The van der Waals surface area contributed by atoms with Gasteiger partial charge in [-0.1, -0.05) is 11.6 Å². The van der Waals surface area contributed by atoms with Crippen molar-refractivity contribution in [3.05, 3.63) is 58.9 Å². The molecular weight excluding hydrogens is 369 g/mol. The van der Waals surface area contributed by atoms with E-state index in [-0.39, 0.29) is 6.04 Å². The highest BCUT2D eigenvalue weighted by Crippen LogP contribution is 2.41. The van der Waals surface area contributed by atoms with E-state index in [2.05, 4.69) is 19.9 Å². The molecule has 1 aliphatic rings. The van der Waals surface area contributed by atoms with Crippen molar-refractivity contribution in [1.82, 2.24) is 19.9 Å². The Bertz CT molecular complexity index is 985. The molecule has 3 aromatic rings. The highest BCUT2D eigenvalue weighted by Gasteiger charge is 2.28. The number of aromatic nitrogens is 4. The number of methoxy groups -OCH3 is 1. The van der Waals surface area contributed by atoms with Crippen molar-refractivity contribution in [1.29, 1.82) is 0 Å². The maximum absolute atomic E-state index is 14.0. The van der Waals surface area contributed by atoms with Gasteiger partial charge in [-0.15, -0.1) is 0 Å². The lowest BCUT2D eigenvalue weighted by molar-refractivity contribution is 0.411. The van der Waals surface area contributed by atoms with E-state index >= 15 is 0 Å². The average Bonchev–Trinajstić information content (AvgIpc) is 2.70. The molecule has 1 aliphatic heterocycles. The number of halogens is 2. The Morgan fingerprint density at radius 1 is 1.19 bits per heavy atom.